The molecule has 2 aliphatic heterocycles. The Balaban J connectivity index is 1.65. The SMILES string of the molecule is CCOC(=O)C1=C(CN2CCN(C(=O)C3CC3)[C@H](C)C2)N(C)C(=O)N[C@H]1c1ccccc1OC. The summed E-state index contributed by atoms with van der Waals surface area (Å²) in [5.74, 6) is 0.570. The molecule has 2 heterocycles. The molecule has 34 heavy (non-hydrogen) atoms. The van der Waals surface area contributed by atoms with E-state index >= 15 is 0 Å². The number of para-hydroxylation sites is 1. The smallest absolute Gasteiger partial charge is 0.338 e. The van der Waals surface area contributed by atoms with Gasteiger partial charge < -0.3 is 19.7 Å². The highest BCUT2D eigenvalue weighted by Crippen LogP contribution is 2.36. The molecular formula is C25H34N4O5. The highest BCUT2D eigenvalue weighted by atomic mass is 16.5. The zero-order valence-electron chi connectivity index (χ0n) is 20.4. The quantitative estimate of drug-likeness (QED) is 0.614. The summed E-state index contributed by atoms with van der Waals surface area (Å²) in [6.07, 6.45) is 1.98. The second kappa shape index (κ2) is 10.0. The third-order valence-electron chi connectivity index (χ3n) is 6.82. The maximum absolute atomic E-state index is 13.2. The fraction of sp³-hybridized carbons (Fsp3) is 0.560. The van der Waals surface area contributed by atoms with Crippen LogP contribution in [0.2, 0.25) is 0 Å². The van der Waals surface area contributed by atoms with Gasteiger partial charge in [0, 0.05) is 56.4 Å². The Hall–Kier alpha value is -3.07. The number of nitrogens with one attached hydrogen (secondary N) is 1. The van der Waals surface area contributed by atoms with Crippen molar-refractivity contribution in [1.29, 1.82) is 0 Å². The minimum atomic E-state index is -0.691. The molecule has 2 atom stereocenters. The molecule has 2 fully saturated rings. The lowest BCUT2D eigenvalue weighted by Crippen LogP contribution is -2.56. The van der Waals surface area contributed by atoms with E-state index in [1.807, 2.05) is 23.1 Å². The highest BCUT2D eigenvalue weighted by molar-refractivity contribution is 5.95. The Bertz CT molecular complexity index is 989. The first kappa shape index (κ1) is 24.1. The van der Waals surface area contributed by atoms with Gasteiger partial charge in [-0.1, -0.05) is 18.2 Å². The fourth-order valence-electron chi connectivity index (χ4n) is 4.82. The topological polar surface area (TPSA) is 91.4 Å². The number of esters is 1. The third-order valence-corrected chi connectivity index (χ3v) is 6.82. The van der Waals surface area contributed by atoms with Gasteiger partial charge in [0.25, 0.3) is 0 Å². The first-order valence-electron chi connectivity index (χ1n) is 12.0. The molecule has 9 heteroatoms. The molecule has 0 unspecified atom stereocenters. The molecule has 0 spiro atoms. The van der Waals surface area contributed by atoms with E-state index in [1.165, 1.54) is 4.90 Å². The van der Waals surface area contributed by atoms with E-state index in [2.05, 4.69) is 17.1 Å². The summed E-state index contributed by atoms with van der Waals surface area (Å²) >= 11 is 0. The van der Waals surface area contributed by atoms with Crippen molar-refractivity contribution in [3.63, 3.8) is 0 Å². The number of piperazine rings is 1. The molecular weight excluding hydrogens is 436 g/mol. The van der Waals surface area contributed by atoms with Gasteiger partial charge in [-0.2, -0.15) is 0 Å². The first-order chi connectivity index (χ1) is 16.3. The van der Waals surface area contributed by atoms with Crippen molar-refractivity contribution in [3.05, 3.63) is 41.1 Å². The minimum absolute atomic E-state index is 0.0706. The number of rotatable bonds is 7. The molecule has 1 saturated carbocycles. The number of hydrogen-bond donors (Lipinski definition) is 1. The van der Waals surface area contributed by atoms with Crippen LogP contribution in [0.25, 0.3) is 0 Å². The predicted octanol–water partition coefficient (Wildman–Crippen LogP) is 2.15. The number of benzene rings is 1. The summed E-state index contributed by atoms with van der Waals surface area (Å²) in [6, 6.07) is 6.43. The number of methoxy groups -OCH3 is 1. The zero-order chi connectivity index (χ0) is 24.4. The fourth-order valence-corrected chi connectivity index (χ4v) is 4.82. The van der Waals surface area contributed by atoms with Crippen molar-refractivity contribution in [1.82, 2.24) is 20.0 Å². The predicted molar refractivity (Wildman–Crippen MR) is 126 cm³/mol. The minimum Gasteiger partial charge on any atom is -0.496 e. The van der Waals surface area contributed by atoms with E-state index in [-0.39, 0.29) is 30.5 Å². The van der Waals surface area contributed by atoms with Gasteiger partial charge >= 0.3 is 12.0 Å². The highest BCUT2D eigenvalue weighted by Gasteiger charge is 2.40. The zero-order valence-corrected chi connectivity index (χ0v) is 20.4. The molecule has 4 rings (SSSR count). The molecule has 1 aromatic carbocycles. The maximum Gasteiger partial charge on any atom is 0.338 e. The van der Waals surface area contributed by atoms with Crippen LogP contribution in [0.3, 0.4) is 0 Å². The van der Waals surface area contributed by atoms with Gasteiger partial charge in [-0.25, -0.2) is 9.59 Å². The van der Waals surface area contributed by atoms with Crippen LogP contribution < -0.4 is 10.1 Å². The normalized spacial score (nSPS) is 23.6. The van der Waals surface area contributed by atoms with Crippen molar-refractivity contribution < 1.29 is 23.9 Å². The van der Waals surface area contributed by atoms with E-state index in [4.69, 9.17) is 9.47 Å². The van der Waals surface area contributed by atoms with Crippen molar-refractivity contribution in [3.8, 4) is 5.75 Å². The second-order valence-corrected chi connectivity index (χ2v) is 9.15. The number of hydrogen-bond acceptors (Lipinski definition) is 6. The number of carbonyl (C=O) groups is 3. The lowest BCUT2D eigenvalue weighted by Gasteiger charge is -2.42. The molecule has 0 radical (unpaired) electrons. The van der Waals surface area contributed by atoms with Gasteiger partial charge in [0.05, 0.1) is 25.3 Å². The van der Waals surface area contributed by atoms with Crippen molar-refractivity contribution in [2.24, 2.45) is 5.92 Å². The number of nitrogens with zero attached hydrogens (tertiary/aromatic N) is 3. The molecule has 1 aromatic rings. The summed E-state index contributed by atoms with van der Waals surface area (Å²) in [4.78, 5) is 44.4. The van der Waals surface area contributed by atoms with E-state index in [9.17, 15) is 14.4 Å². The summed E-state index contributed by atoms with van der Waals surface area (Å²) < 4.78 is 10.9. The van der Waals surface area contributed by atoms with E-state index in [0.717, 1.165) is 12.8 Å². The van der Waals surface area contributed by atoms with Crippen LogP contribution >= 0.6 is 0 Å². The van der Waals surface area contributed by atoms with Crippen LogP contribution in [0, 0.1) is 5.92 Å². The van der Waals surface area contributed by atoms with E-state index in [0.29, 0.717) is 48.8 Å². The third kappa shape index (κ3) is 4.75. The molecule has 1 aliphatic carbocycles. The van der Waals surface area contributed by atoms with Gasteiger partial charge in [-0.15, -0.1) is 0 Å². The van der Waals surface area contributed by atoms with Crippen molar-refractivity contribution >= 4 is 17.9 Å². The summed E-state index contributed by atoms with van der Waals surface area (Å²) in [6.45, 7) is 6.44. The molecule has 184 valence electrons. The Morgan fingerprint density at radius 2 is 1.91 bits per heavy atom. The molecule has 1 N–H and O–H groups in total. The largest absolute Gasteiger partial charge is 0.496 e. The monoisotopic (exact) mass is 470 g/mol. The van der Waals surface area contributed by atoms with E-state index < -0.39 is 12.0 Å². The molecule has 9 nitrogen and oxygen atoms in total. The van der Waals surface area contributed by atoms with E-state index in [1.54, 1.807) is 27.1 Å². The lowest BCUT2D eigenvalue weighted by molar-refractivity contribution is -0.139. The van der Waals surface area contributed by atoms with Gasteiger partial charge in [0.2, 0.25) is 5.91 Å². The van der Waals surface area contributed by atoms with Crippen molar-refractivity contribution in [2.75, 3.05) is 46.9 Å². The second-order valence-electron chi connectivity index (χ2n) is 9.15. The van der Waals surface area contributed by atoms with Crippen LogP contribution in [0.5, 0.6) is 5.75 Å². The van der Waals surface area contributed by atoms with Gasteiger partial charge in [-0.3, -0.25) is 14.6 Å². The van der Waals surface area contributed by atoms with Gasteiger partial charge in [0.15, 0.2) is 0 Å². The Kier molecular flexibility index (Phi) is 7.11. The number of ether oxygens (including phenoxy) is 2. The van der Waals surface area contributed by atoms with Crippen LogP contribution in [-0.2, 0) is 14.3 Å². The average molecular weight is 471 g/mol. The molecule has 3 aliphatic rings. The van der Waals surface area contributed by atoms with Gasteiger partial charge in [-0.05, 0) is 32.8 Å². The van der Waals surface area contributed by atoms with Crippen LogP contribution in [0.15, 0.2) is 35.5 Å². The molecule has 3 amide bonds. The van der Waals surface area contributed by atoms with Crippen LogP contribution in [0.4, 0.5) is 4.79 Å². The van der Waals surface area contributed by atoms with Crippen LogP contribution in [0.1, 0.15) is 38.3 Å². The Morgan fingerprint density at radius 3 is 2.56 bits per heavy atom. The summed E-state index contributed by atoms with van der Waals surface area (Å²) in [5, 5.41) is 2.94. The number of urea groups is 1. The summed E-state index contributed by atoms with van der Waals surface area (Å²) in [7, 11) is 3.23. The lowest BCUT2D eigenvalue weighted by atomic mass is 9.93. The Labute approximate surface area is 200 Å². The number of amides is 3. The standard InChI is InChI=1S/C25H34N4O5/c1-5-34-24(31)21-19(15-28-12-13-29(16(2)14-28)23(30)17-10-11-17)27(3)25(32)26-22(21)18-8-6-7-9-20(18)33-4/h6-9,16-17,22H,5,10-15H2,1-4H3,(H,26,32)/t16-,22+/m1/s1. The first-order valence-corrected chi connectivity index (χ1v) is 12.0. The van der Waals surface area contributed by atoms with Crippen molar-refractivity contribution in [2.45, 2.75) is 38.8 Å². The van der Waals surface area contributed by atoms with Gasteiger partial charge in [0.1, 0.15) is 5.75 Å². The Morgan fingerprint density at radius 1 is 1.18 bits per heavy atom. The number of carbonyl (C=O) groups excluding carboxylic acids is 3. The average Bonchev–Trinajstić information content (AvgIpc) is 3.67. The van der Waals surface area contributed by atoms with Crippen LogP contribution in [-0.4, -0.2) is 85.6 Å². The summed E-state index contributed by atoms with van der Waals surface area (Å²) in [5.41, 5.74) is 1.70. The number of likely N-dealkylation sites (N-methyl/N-ethyl adjacent to an activating group) is 1. The molecule has 0 aromatic heterocycles. The molecule has 0 bridgehead atoms. The maximum atomic E-state index is 13.2. The molecule has 1 saturated heterocycles.